The third kappa shape index (κ3) is 3.77. The van der Waals surface area contributed by atoms with Gasteiger partial charge in [-0.1, -0.05) is 25.4 Å². The van der Waals surface area contributed by atoms with Crippen LogP contribution >= 0.6 is 11.6 Å². The van der Waals surface area contributed by atoms with Crippen LogP contribution in [-0.4, -0.2) is 17.5 Å². The average molecular weight is 303 g/mol. The lowest BCUT2D eigenvalue weighted by molar-refractivity contribution is -0.0497. The number of amides is 1. The van der Waals surface area contributed by atoms with Crippen LogP contribution in [0.4, 0.5) is 8.78 Å². The van der Waals surface area contributed by atoms with Crippen molar-refractivity contribution in [1.82, 2.24) is 4.98 Å². The van der Waals surface area contributed by atoms with Crippen molar-refractivity contribution in [3.8, 4) is 5.75 Å². The third-order valence-corrected chi connectivity index (χ3v) is 2.53. The molecule has 0 aliphatic rings. The molecule has 2 rings (SSSR count). The topological polar surface area (TPSA) is 65.2 Å². The van der Waals surface area contributed by atoms with Gasteiger partial charge in [0, 0.05) is 17.6 Å². The highest BCUT2D eigenvalue weighted by Crippen LogP contribution is 2.30. The normalized spacial score (nSPS) is 10.1. The Kier molecular flexibility index (Phi) is 5.64. The number of pyridine rings is 1. The van der Waals surface area contributed by atoms with Gasteiger partial charge in [-0.15, -0.1) is 0 Å². The number of carbonyl (C=O) groups is 1. The molecule has 2 aromatic rings. The fourth-order valence-corrected chi connectivity index (χ4v) is 1.67. The Morgan fingerprint density at radius 3 is 2.55 bits per heavy atom. The summed E-state index contributed by atoms with van der Waals surface area (Å²) in [5, 5.41) is 0.518. The highest BCUT2D eigenvalue weighted by molar-refractivity contribution is 6.32. The number of hydrogen-bond donors (Lipinski definition) is 1. The van der Waals surface area contributed by atoms with Gasteiger partial charge in [-0.3, -0.25) is 9.78 Å². The lowest BCUT2D eigenvalue weighted by Gasteiger charge is -2.08. The van der Waals surface area contributed by atoms with Crippen molar-refractivity contribution >= 4 is 28.4 Å². The first-order valence-electron chi connectivity index (χ1n) is 5.81. The Labute approximate surface area is 119 Å². The van der Waals surface area contributed by atoms with Gasteiger partial charge >= 0.3 is 6.61 Å². The third-order valence-electron chi connectivity index (χ3n) is 2.24. The zero-order valence-corrected chi connectivity index (χ0v) is 11.6. The standard InChI is InChI=1S/C11H7ClF2N2O2.C2H6/c12-7-2-5-1-6(10(15)17)4-16-8(5)3-9(7)18-11(13)14;1-2/h1-4,11H,(H2,15,17);1-2H3. The van der Waals surface area contributed by atoms with Crippen LogP contribution in [0.25, 0.3) is 10.9 Å². The van der Waals surface area contributed by atoms with E-state index in [-0.39, 0.29) is 16.3 Å². The zero-order chi connectivity index (χ0) is 15.3. The van der Waals surface area contributed by atoms with E-state index in [9.17, 15) is 13.6 Å². The predicted octanol–water partition coefficient (Wildman–Crippen LogP) is 3.61. The van der Waals surface area contributed by atoms with Gasteiger partial charge in [0.15, 0.2) is 0 Å². The van der Waals surface area contributed by atoms with Crippen LogP contribution in [0.2, 0.25) is 5.02 Å². The number of rotatable bonds is 3. The number of carbonyl (C=O) groups excluding carboxylic acids is 1. The van der Waals surface area contributed by atoms with Gasteiger partial charge in [-0.2, -0.15) is 8.78 Å². The number of alkyl halides is 2. The van der Waals surface area contributed by atoms with E-state index in [0.29, 0.717) is 10.9 Å². The number of aromatic nitrogens is 1. The van der Waals surface area contributed by atoms with Crippen LogP contribution in [0.3, 0.4) is 0 Å². The fourth-order valence-electron chi connectivity index (χ4n) is 1.45. The second-order valence-corrected chi connectivity index (χ2v) is 3.85. The second-order valence-electron chi connectivity index (χ2n) is 3.44. The molecule has 0 aliphatic carbocycles. The molecule has 0 fully saturated rings. The molecule has 0 saturated heterocycles. The molecule has 0 unspecified atom stereocenters. The Bertz CT molecular complexity index is 621. The highest BCUT2D eigenvalue weighted by Gasteiger charge is 2.11. The number of benzene rings is 1. The molecule has 0 aliphatic heterocycles. The van der Waals surface area contributed by atoms with E-state index in [1.54, 1.807) is 0 Å². The fraction of sp³-hybridized carbons (Fsp3) is 0.231. The minimum Gasteiger partial charge on any atom is -0.433 e. The van der Waals surface area contributed by atoms with Crippen molar-refractivity contribution in [3.63, 3.8) is 0 Å². The van der Waals surface area contributed by atoms with E-state index in [1.165, 1.54) is 24.4 Å². The van der Waals surface area contributed by atoms with Gasteiger partial charge in [0.2, 0.25) is 5.91 Å². The zero-order valence-electron chi connectivity index (χ0n) is 10.9. The highest BCUT2D eigenvalue weighted by atomic mass is 35.5. The average Bonchev–Trinajstić information content (AvgIpc) is 2.40. The second kappa shape index (κ2) is 7.00. The Morgan fingerprint density at radius 1 is 1.35 bits per heavy atom. The first-order valence-corrected chi connectivity index (χ1v) is 6.19. The molecule has 108 valence electrons. The summed E-state index contributed by atoms with van der Waals surface area (Å²) in [6.45, 7) is 1.03. The van der Waals surface area contributed by atoms with Gasteiger partial charge in [0.1, 0.15) is 5.75 Å². The molecular formula is C13H13ClF2N2O2. The number of fused-ring (bicyclic) bond motifs is 1. The first-order chi connectivity index (χ1) is 9.47. The molecule has 0 saturated carbocycles. The van der Waals surface area contributed by atoms with E-state index >= 15 is 0 Å². The molecule has 0 atom stereocenters. The summed E-state index contributed by atoms with van der Waals surface area (Å²) < 4.78 is 28.5. The van der Waals surface area contributed by atoms with Crippen LogP contribution in [0.1, 0.15) is 24.2 Å². The molecule has 1 amide bonds. The maximum absolute atomic E-state index is 12.1. The molecule has 1 aromatic heterocycles. The number of ether oxygens (including phenoxy) is 1. The number of nitrogens with zero attached hydrogens (tertiary/aromatic N) is 1. The SMILES string of the molecule is CC.NC(=O)c1cnc2cc(OC(F)F)c(Cl)cc2c1. The Hall–Kier alpha value is -1.95. The molecule has 4 nitrogen and oxygen atoms in total. The molecule has 0 bridgehead atoms. The maximum atomic E-state index is 12.1. The van der Waals surface area contributed by atoms with Crippen LogP contribution in [-0.2, 0) is 0 Å². The number of nitrogens with two attached hydrogens (primary N) is 1. The Balaban J connectivity index is 0.000000956. The van der Waals surface area contributed by atoms with Crippen LogP contribution in [0.15, 0.2) is 24.4 Å². The van der Waals surface area contributed by atoms with E-state index in [4.69, 9.17) is 17.3 Å². The lowest BCUT2D eigenvalue weighted by Crippen LogP contribution is -2.11. The first kappa shape index (κ1) is 16.1. The maximum Gasteiger partial charge on any atom is 0.387 e. The van der Waals surface area contributed by atoms with E-state index in [1.807, 2.05) is 13.8 Å². The van der Waals surface area contributed by atoms with Crippen molar-refractivity contribution in [1.29, 1.82) is 0 Å². The van der Waals surface area contributed by atoms with Crippen molar-refractivity contribution < 1.29 is 18.3 Å². The van der Waals surface area contributed by atoms with Crippen LogP contribution in [0.5, 0.6) is 5.75 Å². The predicted molar refractivity (Wildman–Crippen MR) is 73.3 cm³/mol. The van der Waals surface area contributed by atoms with Gasteiger partial charge in [0.05, 0.1) is 16.1 Å². The lowest BCUT2D eigenvalue weighted by atomic mass is 10.1. The van der Waals surface area contributed by atoms with Gasteiger partial charge in [-0.05, 0) is 12.1 Å². The number of hydrogen-bond acceptors (Lipinski definition) is 3. The van der Waals surface area contributed by atoms with E-state index < -0.39 is 12.5 Å². The van der Waals surface area contributed by atoms with Crippen molar-refractivity contribution in [2.75, 3.05) is 0 Å². The van der Waals surface area contributed by atoms with Crippen LogP contribution < -0.4 is 10.5 Å². The largest absolute Gasteiger partial charge is 0.433 e. The molecule has 1 heterocycles. The summed E-state index contributed by atoms with van der Waals surface area (Å²) in [6.07, 6.45) is 1.25. The molecule has 7 heteroatoms. The molecule has 0 spiro atoms. The summed E-state index contributed by atoms with van der Waals surface area (Å²) in [5.41, 5.74) is 5.69. The summed E-state index contributed by atoms with van der Waals surface area (Å²) in [4.78, 5) is 14.9. The van der Waals surface area contributed by atoms with Gasteiger partial charge in [-0.25, -0.2) is 0 Å². The monoisotopic (exact) mass is 302 g/mol. The number of halogens is 3. The van der Waals surface area contributed by atoms with Gasteiger partial charge < -0.3 is 10.5 Å². The quantitative estimate of drug-likeness (QED) is 0.942. The van der Waals surface area contributed by atoms with E-state index in [2.05, 4.69) is 9.72 Å². The summed E-state index contributed by atoms with van der Waals surface area (Å²) in [5.74, 6) is -0.799. The van der Waals surface area contributed by atoms with Gasteiger partial charge in [0.25, 0.3) is 0 Å². The molecule has 20 heavy (non-hydrogen) atoms. The van der Waals surface area contributed by atoms with E-state index in [0.717, 1.165) is 0 Å². The summed E-state index contributed by atoms with van der Waals surface area (Å²) in [7, 11) is 0. The van der Waals surface area contributed by atoms with Crippen molar-refractivity contribution in [2.24, 2.45) is 5.73 Å². The van der Waals surface area contributed by atoms with Crippen molar-refractivity contribution in [2.45, 2.75) is 20.5 Å². The smallest absolute Gasteiger partial charge is 0.387 e. The van der Waals surface area contributed by atoms with Crippen LogP contribution in [0, 0.1) is 0 Å². The molecular weight excluding hydrogens is 290 g/mol. The molecule has 1 aromatic carbocycles. The van der Waals surface area contributed by atoms with Crippen molar-refractivity contribution in [3.05, 3.63) is 35.0 Å². The molecule has 2 N–H and O–H groups in total. The Morgan fingerprint density at radius 2 is 2.00 bits per heavy atom. The molecule has 0 radical (unpaired) electrons. The minimum absolute atomic E-state index is 0.00576. The number of primary amides is 1. The summed E-state index contributed by atoms with van der Waals surface area (Å²) >= 11 is 5.78. The minimum atomic E-state index is -2.97. The summed E-state index contributed by atoms with van der Waals surface area (Å²) in [6, 6.07) is 4.13.